The Kier molecular flexibility index (Phi) is 4.52. The molecule has 2 N–H and O–H groups in total. The Balaban J connectivity index is 1.97. The van der Waals surface area contributed by atoms with Crippen LogP contribution in [0.5, 0.6) is 5.75 Å². The third-order valence-corrected chi connectivity index (χ3v) is 2.99. The van der Waals surface area contributed by atoms with Gasteiger partial charge in [0.25, 0.3) is 0 Å². The third-order valence-electron chi connectivity index (χ3n) is 2.99. The van der Waals surface area contributed by atoms with E-state index in [1.165, 1.54) is 0 Å². The molecular weight excluding hydrogens is 242 g/mol. The molecule has 102 valence electrons. The van der Waals surface area contributed by atoms with Crippen LogP contribution >= 0.6 is 0 Å². The van der Waals surface area contributed by atoms with E-state index >= 15 is 0 Å². The SMILES string of the molecule is CCC(c1nc(COc2ccccc2)no1)C(C)N. The van der Waals surface area contributed by atoms with Gasteiger partial charge < -0.3 is 15.0 Å². The summed E-state index contributed by atoms with van der Waals surface area (Å²) >= 11 is 0. The minimum Gasteiger partial charge on any atom is -0.485 e. The predicted molar refractivity (Wildman–Crippen MR) is 71.8 cm³/mol. The van der Waals surface area contributed by atoms with E-state index in [2.05, 4.69) is 17.1 Å². The van der Waals surface area contributed by atoms with E-state index in [-0.39, 0.29) is 12.0 Å². The molecule has 5 nitrogen and oxygen atoms in total. The smallest absolute Gasteiger partial charge is 0.231 e. The van der Waals surface area contributed by atoms with E-state index in [0.717, 1.165) is 12.2 Å². The normalized spacial score (nSPS) is 14.1. The average molecular weight is 261 g/mol. The molecule has 2 rings (SSSR count). The van der Waals surface area contributed by atoms with Crippen molar-refractivity contribution >= 4 is 0 Å². The Morgan fingerprint density at radius 3 is 2.68 bits per heavy atom. The van der Waals surface area contributed by atoms with Crippen molar-refractivity contribution in [2.24, 2.45) is 5.73 Å². The van der Waals surface area contributed by atoms with Crippen molar-refractivity contribution < 1.29 is 9.26 Å². The minimum absolute atomic E-state index is 0.00617. The van der Waals surface area contributed by atoms with E-state index in [1.807, 2.05) is 37.3 Å². The highest BCUT2D eigenvalue weighted by Gasteiger charge is 2.21. The number of hydrogen-bond donors (Lipinski definition) is 1. The van der Waals surface area contributed by atoms with E-state index in [4.69, 9.17) is 15.0 Å². The van der Waals surface area contributed by atoms with Gasteiger partial charge in [-0.05, 0) is 25.5 Å². The lowest BCUT2D eigenvalue weighted by Gasteiger charge is -2.13. The zero-order chi connectivity index (χ0) is 13.7. The first-order valence-corrected chi connectivity index (χ1v) is 6.46. The van der Waals surface area contributed by atoms with Crippen LogP contribution in [0.4, 0.5) is 0 Å². The molecule has 0 bridgehead atoms. The molecule has 0 aliphatic heterocycles. The van der Waals surface area contributed by atoms with Crippen molar-refractivity contribution in [1.29, 1.82) is 0 Å². The van der Waals surface area contributed by atoms with Crippen LogP contribution < -0.4 is 10.5 Å². The molecule has 2 aromatic rings. The van der Waals surface area contributed by atoms with E-state index in [1.54, 1.807) is 0 Å². The van der Waals surface area contributed by atoms with Gasteiger partial charge in [-0.25, -0.2) is 0 Å². The van der Waals surface area contributed by atoms with Crippen LogP contribution in [0.1, 0.15) is 37.9 Å². The summed E-state index contributed by atoms with van der Waals surface area (Å²) in [5, 5.41) is 3.92. The molecule has 0 amide bonds. The van der Waals surface area contributed by atoms with Crippen molar-refractivity contribution in [3.8, 4) is 5.75 Å². The quantitative estimate of drug-likeness (QED) is 0.864. The van der Waals surface area contributed by atoms with Gasteiger partial charge in [-0.15, -0.1) is 0 Å². The van der Waals surface area contributed by atoms with Gasteiger partial charge in [0.1, 0.15) is 5.75 Å². The fourth-order valence-corrected chi connectivity index (χ4v) is 1.91. The molecule has 0 aliphatic carbocycles. The second kappa shape index (κ2) is 6.33. The molecule has 1 aromatic heterocycles. The molecule has 5 heteroatoms. The lowest BCUT2D eigenvalue weighted by atomic mass is 9.99. The maximum absolute atomic E-state index is 5.89. The van der Waals surface area contributed by atoms with Crippen LogP contribution in [0.3, 0.4) is 0 Å². The van der Waals surface area contributed by atoms with Crippen LogP contribution in [0.2, 0.25) is 0 Å². The molecule has 0 fully saturated rings. The molecular formula is C14H19N3O2. The lowest BCUT2D eigenvalue weighted by molar-refractivity contribution is 0.282. The zero-order valence-electron chi connectivity index (χ0n) is 11.2. The minimum atomic E-state index is -0.00617. The van der Waals surface area contributed by atoms with Crippen LogP contribution in [-0.2, 0) is 6.61 Å². The van der Waals surface area contributed by atoms with E-state index < -0.39 is 0 Å². The van der Waals surface area contributed by atoms with Crippen molar-refractivity contribution in [3.63, 3.8) is 0 Å². The highest BCUT2D eigenvalue weighted by molar-refractivity contribution is 5.20. The monoisotopic (exact) mass is 261 g/mol. The Bertz CT molecular complexity index is 496. The standard InChI is InChI=1S/C14H19N3O2/c1-3-12(10(2)15)14-16-13(17-19-14)9-18-11-7-5-4-6-8-11/h4-8,10,12H,3,9,15H2,1-2H3. The Hall–Kier alpha value is -1.88. The summed E-state index contributed by atoms with van der Waals surface area (Å²) in [4.78, 5) is 4.33. The fraction of sp³-hybridized carbons (Fsp3) is 0.429. The van der Waals surface area contributed by atoms with Gasteiger partial charge in [0.15, 0.2) is 6.61 Å². The van der Waals surface area contributed by atoms with Crippen LogP contribution in [0, 0.1) is 0 Å². The molecule has 0 saturated carbocycles. The average Bonchev–Trinajstić information content (AvgIpc) is 2.87. The molecule has 2 atom stereocenters. The zero-order valence-corrected chi connectivity index (χ0v) is 11.2. The highest BCUT2D eigenvalue weighted by atomic mass is 16.5. The first kappa shape index (κ1) is 13.5. The van der Waals surface area contributed by atoms with Crippen molar-refractivity contribution in [2.45, 2.75) is 38.8 Å². The summed E-state index contributed by atoms with van der Waals surface area (Å²) in [6.07, 6.45) is 0.874. The maximum Gasteiger partial charge on any atom is 0.231 e. The summed E-state index contributed by atoms with van der Waals surface area (Å²) in [5.41, 5.74) is 5.89. The first-order chi connectivity index (χ1) is 9.20. The van der Waals surface area contributed by atoms with Crippen molar-refractivity contribution in [3.05, 3.63) is 42.0 Å². The van der Waals surface area contributed by atoms with Crippen molar-refractivity contribution in [1.82, 2.24) is 10.1 Å². The second-order valence-electron chi connectivity index (χ2n) is 4.52. The van der Waals surface area contributed by atoms with Gasteiger partial charge in [0, 0.05) is 6.04 Å². The summed E-state index contributed by atoms with van der Waals surface area (Å²) in [6.45, 7) is 4.29. The third kappa shape index (κ3) is 3.54. The first-order valence-electron chi connectivity index (χ1n) is 6.46. The van der Waals surface area contributed by atoms with Gasteiger partial charge >= 0.3 is 0 Å². The topological polar surface area (TPSA) is 74.2 Å². The molecule has 19 heavy (non-hydrogen) atoms. The molecule has 1 aromatic carbocycles. The Morgan fingerprint density at radius 2 is 2.05 bits per heavy atom. The maximum atomic E-state index is 5.89. The number of benzene rings is 1. The van der Waals surface area contributed by atoms with Crippen LogP contribution in [0.15, 0.2) is 34.9 Å². The number of rotatable bonds is 6. The lowest BCUT2D eigenvalue weighted by Crippen LogP contribution is -2.24. The molecule has 0 radical (unpaired) electrons. The van der Waals surface area contributed by atoms with Gasteiger partial charge in [-0.3, -0.25) is 0 Å². The van der Waals surface area contributed by atoms with Gasteiger partial charge in [-0.2, -0.15) is 4.98 Å². The van der Waals surface area contributed by atoms with Crippen LogP contribution in [-0.4, -0.2) is 16.2 Å². The van der Waals surface area contributed by atoms with Gasteiger partial charge in [0.2, 0.25) is 11.7 Å². The van der Waals surface area contributed by atoms with Gasteiger partial charge in [0.05, 0.1) is 5.92 Å². The predicted octanol–water partition coefficient (Wildman–Crippen LogP) is 2.49. The largest absolute Gasteiger partial charge is 0.485 e. The fourth-order valence-electron chi connectivity index (χ4n) is 1.91. The summed E-state index contributed by atoms with van der Waals surface area (Å²) in [7, 11) is 0. The van der Waals surface area contributed by atoms with Gasteiger partial charge in [-0.1, -0.05) is 30.3 Å². The summed E-state index contributed by atoms with van der Waals surface area (Å²) < 4.78 is 10.8. The molecule has 2 unspecified atom stereocenters. The molecule has 0 aliphatic rings. The molecule has 0 saturated heterocycles. The number of hydrogen-bond acceptors (Lipinski definition) is 5. The van der Waals surface area contributed by atoms with E-state index in [0.29, 0.717) is 18.3 Å². The van der Waals surface area contributed by atoms with Crippen molar-refractivity contribution in [2.75, 3.05) is 0 Å². The number of aromatic nitrogens is 2. The second-order valence-corrected chi connectivity index (χ2v) is 4.52. The number of nitrogens with two attached hydrogens (primary N) is 1. The number of nitrogens with zero attached hydrogens (tertiary/aromatic N) is 2. The molecule has 1 heterocycles. The Labute approximate surface area is 112 Å². The summed E-state index contributed by atoms with van der Waals surface area (Å²) in [5.74, 6) is 2.01. The van der Waals surface area contributed by atoms with Crippen LogP contribution in [0.25, 0.3) is 0 Å². The number of ether oxygens (including phenoxy) is 1. The highest BCUT2D eigenvalue weighted by Crippen LogP contribution is 2.20. The van der Waals surface area contributed by atoms with E-state index in [9.17, 15) is 0 Å². The Morgan fingerprint density at radius 1 is 1.32 bits per heavy atom. The number of para-hydroxylation sites is 1. The molecule has 0 spiro atoms. The summed E-state index contributed by atoms with van der Waals surface area (Å²) in [6, 6.07) is 9.54.